The smallest absolute Gasteiger partial charge is 0.260 e. The van der Waals surface area contributed by atoms with Gasteiger partial charge in [0.1, 0.15) is 11.3 Å². The first kappa shape index (κ1) is 21.3. The van der Waals surface area contributed by atoms with Crippen LogP contribution in [0.25, 0.3) is 10.2 Å². The quantitative estimate of drug-likeness (QED) is 0.559. The molecule has 3 rings (SSSR count). The topological polar surface area (TPSA) is 45.7 Å². The van der Waals surface area contributed by atoms with E-state index >= 15 is 0 Å². The summed E-state index contributed by atoms with van der Waals surface area (Å²) in [7, 11) is 5.74. The Morgan fingerprint density at radius 3 is 2.41 bits per heavy atom. The molecule has 2 aromatic carbocycles. The van der Waals surface area contributed by atoms with Gasteiger partial charge in [-0.25, -0.2) is 4.98 Å². The molecule has 5 nitrogen and oxygen atoms in total. The molecule has 0 saturated carbocycles. The molecule has 0 atom stereocenters. The van der Waals surface area contributed by atoms with Crippen LogP contribution < -0.4 is 9.64 Å². The SMILES string of the molecule is COc1ccc(C)c2sc(N(CCCN(C)C)C(=O)c3ccc(C)c(C)c3)nc12. The fraction of sp³-hybridized carbons (Fsp3) is 0.391. The monoisotopic (exact) mass is 411 g/mol. The first-order valence-electron chi connectivity index (χ1n) is 9.79. The van der Waals surface area contributed by atoms with E-state index in [0.29, 0.717) is 12.1 Å². The van der Waals surface area contributed by atoms with Crippen LogP contribution in [0.5, 0.6) is 5.75 Å². The van der Waals surface area contributed by atoms with E-state index in [-0.39, 0.29) is 5.91 Å². The van der Waals surface area contributed by atoms with Crippen LogP contribution in [0, 0.1) is 20.8 Å². The number of nitrogens with zero attached hydrogens (tertiary/aromatic N) is 3. The summed E-state index contributed by atoms with van der Waals surface area (Å²) < 4.78 is 6.56. The van der Waals surface area contributed by atoms with E-state index in [0.717, 1.165) is 45.2 Å². The molecular formula is C23H29N3O2S. The molecule has 29 heavy (non-hydrogen) atoms. The van der Waals surface area contributed by atoms with Crippen LogP contribution in [0.4, 0.5) is 5.13 Å². The van der Waals surface area contributed by atoms with Crippen LogP contribution in [-0.4, -0.2) is 50.1 Å². The highest BCUT2D eigenvalue weighted by Crippen LogP contribution is 2.37. The summed E-state index contributed by atoms with van der Waals surface area (Å²) in [5.41, 5.74) is 4.95. The van der Waals surface area contributed by atoms with Crippen molar-refractivity contribution in [2.24, 2.45) is 0 Å². The molecule has 0 saturated heterocycles. The molecule has 1 amide bonds. The number of ether oxygens (including phenoxy) is 1. The molecule has 0 bridgehead atoms. The van der Waals surface area contributed by atoms with Gasteiger partial charge >= 0.3 is 0 Å². The standard InChI is InChI=1S/C23H29N3O2S/c1-15-8-10-18(14-17(15)3)22(27)26(13-7-12-25(4)5)23-24-20-19(28-6)11-9-16(2)21(20)29-23/h8-11,14H,7,12-13H2,1-6H3. The van der Waals surface area contributed by atoms with E-state index in [9.17, 15) is 4.79 Å². The lowest BCUT2D eigenvalue weighted by Gasteiger charge is -2.21. The fourth-order valence-electron chi connectivity index (χ4n) is 3.24. The minimum Gasteiger partial charge on any atom is -0.494 e. The molecule has 0 aliphatic carbocycles. The zero-order valence-electron chi connectivity index (χ0n) is 18.1. The molecule has 0 fully saturated rings. The number of carbonyl (C=O) groups is 1. The lowest BCUT2D eigenvalue weighted by molar-refractivity contribution is 0.0986. The summed E-state index contributed by atoms with van der Waals surface area (Å²) in [5, 5.41) is 0.717. The van der Waals surface area contributed by atoms with Gasteiger partial charge in [0.15, 0.2) is 5.13 Å². The molecule has 6 heteroatoms. The van der Waals surface area contributed by atoms with Gasteiger partial charge in [0, 0.05) is 12.1 Å². The summed E-state index contributed by atoms with van der Waals surface area (Å²) in [6, 6.07) is 9.85. The fourth-order valence-corrected chi connectivity index (χ4v) is 4.31. The Bertz CT molecular complexity index is 1030. The Morgan fingerprint density at radius 2 is 1.76 bits per heavy atom. The van der Waals surface area contributed by atoms with E-state index in [1.165, 1.54) is 5.56 Å². The number of carbonyl (C=O) groups excluding carboxylic acids is 1. The maximum absolute atomic E-state index is 13.4. The maximum atomic E-state index is 13.4. The number of hydrogen-bond acceptors (Lipinski definition) is 5. The number of anilines is 1. The van der Waals surface area contributed by atoms with Gasteiger partial charge in [-0.3, -0.25) is 9.69 Å². The molecule has 154 valence electrons. The number of benzene rings is 2. The molecule has 0 spiro atoms. The first-order valence-corrected chi connectivity index (χ1v) is 10.6. The van der Waals surface area contributed by atoms with Crippen molar-refractivity contribution in [2.75, 3.05) is 39.2 Å². The van der Waals surface area contributed by atoms with Crippen molar-refractivity contribution in [2.45, 2.75) is 27.2 Å². The van der Waals surface area contributed by atoms with Crippen molar-refractivity contribution in [3.8, 4) is 5.75 Å². The lowest BCUT2D eigenvalue weighted by atomic mass is 10.1. The molecule has 1 aromatic heterocycles. The highest BCUT2D eigenvalue weighted by Gasteiger charge is 2.23. The molecule has 3 aromatic rings. The number of methoxy groups -OCH3 is 1. The summed E-state index contributed by atoms with van der Waals surface area (Å²) in [4.78, 5) is 22.2. The molecule has 0 aliphatic rings. The van der Waals surface area contributed by atoms with Gasteiger partial charge in [-0.15, -0.1) is 0 Å². The molecule has 0 aliphatic heterocycles. The summed E-state index contributed by atoms with van der Waals surface area (Å²) in [5.74, 6) is 0.725. The number of hydrogen-bond donors (Lipinski definition) is 0. The third-order valence-corrected chi connectivity index (χ3v) is 6.34. The van der Waals surface area contributed by atoms with E-state index in [2.05, 4.69) is 18.7 Å². The van der Waals surface area contributed by atoms with Crippen LogP contribution >= 0.6 is 11.3 Å². The zero-order chi connectivity index (χ0) is 21.1. The molecule has 0 N–H and O–H groups in total. The van der Waals surface area contributed by atoms with Crippen LogP contribution in [0.2, 0.25) is 0 Å². The van der Waals surface area contributed by atoms with Crippen molar-refractivity contribution in [1.82, 2.24) is 9.88 Å². The zero-order valence-corrected chi connectivity index (χ0v) is 18.9. The molecule has 0 radical (unpaired) electrons. The van der Waals surface area contributed by atoms with Crippen molar-refractivity contribution >= 4 is 32.6 Å². The minimum absolute atomic E-state index is 0.0115. The number of amides is 1. The highest BCUT2D eigenvalue weighted by molar-refractivity contribution is 7.22. The Labute approximate surface area is 176 Å². The summed E-state index contributed by atoms with van der Waals surface area (Å²) in [6.07, 6.45) is 0.871. The van der Waals surface area contributed by atoms with Gasteiger partial charge in [0.2, 0.25) is 0 Å². The Balaban J connectivity index is 2.03. The van der Waals surface area contributed by atoms with Crippen molar-refractivity contribution < 1.29 is 9.53 Å². The maximum Gasteiger partial charge on any atom is 0.260 e. The van der Waals surface area contributed by atoms with Crippen molar-refractivity contribution in [1.29, 1.82) is 0 Å². The summed E-state index contributed by atoms with van der Waals surface area (Å²) >= 11 is 1.55. The van der Waals surface area contributed by atoms with Gasteiger partial charge in [-0.05, 0) is 82.7 Å². The highest BCUT2D eigenvalue weighted by atomic mass is 32.1. The number of aromatic nitrogens is 1. The van der Waals surface area contributed by atoms with Crippen LogP contribution in [0.1, 0.15) is 33.5 Å². The normalized spacial score (nSPS) is 11.3. The van der Waals surface area contributed by atoms with E-state index < -0.39 is 0 Å². The van der Waals surface area contributed by atoms with Crippen LogP contribution in [0.3, 0.4) is 0 Å². The minimum atomic E-state index is -0.0115. The molecule has 0 unspecified atom stereocenters. The number of fused-ring (bicyclic) bond motifs is 1. The second kappa shape index (κ2) is 8.93. The van der Waals surface area contributed by atoms with Gasteiger partial charge < -0.3 is 9.64 Å². The number of rotatable bonds is 7. The van der Waals surface area contributed by atoms with E-state index in [4.69, 9.17) is 9.72 Å². The second-order valence-corrected chi connectivity index (χ2v) is 8.65. The Morgan fingerprint density at radius 1 is 1.03 bits per heavy atom. The van der Waals surface area contributed by atoms with Gasteiger partial charge in [-0.1, -0.05) is 23.5 Å². The average molecular weight is 412 g/mol. The largest absolute Gasteiger partial charge is 0.494 e. The van der Waals surface area contributed by atoms with Crippen LogP contribution in [-0.2, 0) is 0 Å². The molecular weight excluding hydrogens is 382 g/mol. The van der Waals surface area contributed by atoms with Crippen LogP contribution in [0.15, 0.2) is 30.3 Å². The van der Waals surface area contributed by atoms with Crippen molar-refractivity contribution in [3.63, 3.8) is 0 Å². The van der Waals surface area contributed by atoms with E-state index in [1.54, 1.807) is 18.4 Å². The van der Waals surface area contributed by atoms with Gasteiger partial charge in [0.25, 0.3) is 5.91 Å². The van der Waals surface area contributed by atoms with Gasteiger partial charge in [0.05, 0.1) is 11.8 Å². The predicted octanol–water partition coefficient (Wildman–Crippen LogP) is 4.83. The van der Waals surface area contributed by atoms with Gasteiger partial charge in [-0.2, -0.15) is 0 Å². The number of aryl methyl sites for hydroxylation is 3. The predicted molar refractivity (Wildman–Crippen MR) is 122 cm³/mol. The summed E-state index contributed by atoms with van der Waals surface area (Å²) in [6.45, 7) is 7.68. The molecule has 1 heterocycles. The second-order valence-electron chi connectivity index (χ2n) is 7.67. The third-order valence-electron chi connectivity index (χ3n) is 5.13. The number of thiazole rings is 1. The lowest BCUT2D eigenvalue weighted by Crippen LogP contribution is -2.33. The Kier molecular flexibility index (Phi) is 6.55. The third kappa shape index (κ3) is 4.60. The first-order chi connectivity index (χ1) is 13.8. The van der Waals surface area contributed by atoms with Crippen molar-refractivity contribution in [3.05, 3.63) is 52.6 Å². The van der Waals surface area contributed by atoms with E-state index in [1.807, 2.05) is 56.3 Å². The average Bonchev–Trinajstić information content (AvgIpc) is 3.13. The Hall–Kier alpha value is -2.44.